The van der Waals surface area contributed by atoms with Crippen LogP contribution < -0.4 is 16.5 Å². The van der Waals surface area contributed by atoms with Crippen molar-refractivity contribution in [3.05, 3.63) is 51.1 Å². The zero-order chi connectivity index (χ0) is 16.6. The number of hydrogen-bond donors (Lipinski definition) is 4. The number of nitrogens with two attached hydrogens (primary N) is 1. The van der Waals surface area contributed by atoms with Crippen molar-refractivity contribution in [2.24, 2.45) is 5.10 Å². The number of nitrogen functional groups attached to an aromatic ring is 1. The van der Waals surface area contributed by atoms with Crippen molar-refractivity contribution in [1.29, 1.82) is 0 Å². The molecule has 7 nitrogen and oxygen atoms in total. The van der Waals surface area contributed by atoms with Gasteiger partial charge in [-0.3, -0.25) is 9.59 Å². The van der Waals surface area contributed by atoms with Gasteiger partial charge in [0.1, 0.15) is 5.75 Å². The summed E-state index contributed by atoms with van der Waals surface area (Å²) in [4.78, 5) is 24.0. The first-order valence-electron chi connectivity index (χ1n) is 6.53. The second-order valence-electron chi connectivity index (χ2n) is 4.82. The largest absolute Gasteiger partial charge is 0.507 e. The van der Waals surface area contributed by atoms with Crippen molar-refractivity contribution in [2.75, 3.05) is 11.1 Å². The van der Waals surface area contributed by atoms with Crippen molar-refractivity contribution < 1.29 is 14.7 Å². The number of carbonyl (C=O) groups excluding carboxylic acids is 2. The zero-order valence-corrected chi connectivity index (χ0v) is 13.8. The van der Waals surface area contributed by atoms with E-state index in [0.29, 0.717) is 16.9 Å². The molecule has 1 aliphatic rings. The minimum Gasteiger partial charge on any atom is -0.507 e. The number of phenols is 1. The third-order valence-electron chi connectivity index (χ3n) is 3.24. The first kappa shape index (κ1) is 15.3. The van der Waals surface area contributed by atoms with Crippen molar-refractivity contribution in [3.63, 3.8) is 0 Å². The van der Waals surface area contributed by atoms with E-state index in [1.807, 2.05) is 6.07 Å². The van der Waals surface area contributed by atoms with Crippen LogP contribution in [0.4, 0.5) is 11.4 Å². The van der Waals surface area contributed by atoms with Gasteiger partial charge in [-0.2, -0.15) is 5.10 Å². The van der Waals surface area contributed by atoms with E-state index in [1.54, 1.807) is 12.1 Å². The summed E-state index contributed by atoms with van der Waals surface area (Å²) >= 11 is 2.12. The Labute approximate surface area is 144 Å². The van der Waals surface area contributed by atoms with Gasteiger partial charge in [0.05, 0.1) is 11.3 Å². The van der Waals surface area contributed by atoms with E-state index in [1.165, 1.54) is 18.2 Å². The molecule has 0 saturated carbocycles. The van der Waals surface area contributed by atoms with Crippen LogP contribution in [0.2, 0.25) is 0 Å². The Hall–Kier alpha value is -2.62. The number of hydrogen-bond acceptors (Lipinski definition) is 5. The fraction of sp³-hybridized carbons (Fsp3) is 0. The molecule has 2 aromatic carbocycles. The van der Waals surface area contributed by atoms with Crippen LogP contribution >= 0.6 is 22.6 Å². The molecule has 0 unspecified atom stereocenters. The van der Waals surface area contributed by atoms with E-state index in [9.17, 15) is 14.7 Å². The van der Waals surface area contributed by atoms with Gasteiger partial charge in [-0.25, -0.2) is 5.43 Å². The summed E-state index contributed by atoms with van der Waals surface area (Å²) in [6.07, 6.45) is 0. The van der Waals surface area contributed by atoms with Crippen LogP contribution in [-0.4, -0.2) is 22.6 Å². The van der Waals surface area contributed by atoms with Gasteiger partial charge in [0.25, 0.3) is 11.8 Å². The smallest absolute Gasteiger partial charge is 0.276 e. The average Bonchev–Trinajstić information content (AvgIpc) is 2.79. The van der Waals surface area contributed by atoms with Crippen LogP contribution in [-0.2, 0) is 4.79 Å². The van der Waals surface area contributed by atoms with E-state index in [0.717, 1.165) is 3.57 Å². The Morgan fingerprint density at radius 3 is 2.78 bits per heavy atom. The Bertz CT molecular complexity index is 864. The topological polar surface area (TPSA) is 117 Å². The lowest BCUT2D eigenvalue weighted by Crippen LogP contribution is -2.23. The van der Waals surface area contributed by atoms with Crippen LogP contribution in [0, 0.1) is 3.57 Å². The van der Waals surface area contributed by atoms with Crippen molar-refractivity contribution in [3.8, 4) is 5.75 Å². The zero-order valence-electron chi connectivity index (χ0n) is 11.6. The molecule has 0 radical (unpaired) electrons. The highest BCUT2D eigenvalue weighted by Gasteiger charge is 2.26. The second-order valence-corrected chi connectivity index (χ2v) is 6.07. The molecule has 2 aromatic rings. The maximum atomic E-state index is 12.1. The molecule has 0 spiro atoms. The molecular weight excluding hydrogens is 411 g/mol. The summed E-state index contributed by atoms with van der Waals surface area (Å²) in [5, 5.41) is 16.3. The highest BCUT2D eigenvalue weighted by molar-refractivity contribution is 14.1. The van der Waals surface area contributed by atoms with E-state index < -0.39 is 11.8 Å². The number of amides is 2. The molecule has 5 N–H and O–H groups in total. The highest BCUT2D eigenvalue weighted by Crippen LogP contribution is 2.25. The summed E-state index contributed by atoms with van der Waals surface area (Å²) in [5.74, 6) is -1.29. The molecule has 0 atom stereocenters. The number of nitrogens with one attached hydrogen (secondary N) is 2. The Balaban J connectivity index is 1.87. The van der Waals surface area contributed by atoms with E-state index in [-0.39, 0.29) is 17.0 Å². The minimum atomic E-state index is -0.637. The van der Waals surface area contributed by atoms with Gasteiger partial charge >= 0.3 is 0 Å². The normalized spacial score (nSPS) is 14.5. The van der Waals surface area contributed by atoms with Gasteiger partial charge in [0.2, 0.25) is 0 Å². The molecule has 116 valence electrons. The van der Waals surface area contributed by atoms with Crippen LogP contribution in [0.15, 0.2) is 41.5 Å². The molecule has 0 fully saturated rings. The SMILES string of the molecule is Nc1ccc(C(=O)N/N=C2\C(=O)Nc3ccc(I)cc32)c(O)c1. The monoisotopic (exact) mass is 422 g/mol. The summed E-state index contributed by atoms with van der Waals surface area (Å²) < 4.78 is 0.938. The van der Waals surface area contributed by atoms with Gasteiger partial charge in [-0.05, 0) is 52.9 Å². The van der Waals surface area contributed by atoms with Gasteiger partial charge in [-0.1, -0.05) is 0 Å². The molecule has 8 heteroatoms. The molecule has 0 saturated heterocycles. The third-order valence-corrected chi connectivity index (χ3v) is 3.91. The van der Waals surface area contributed by atoms with Crippen LogP contribution in [0.3, 0.4) is 0 Å². The number of carbonyl (C=O) groups is 2. The fourth-order valence-corrected chi connectivity index (χ4v) is 2.63. The summed E-state index contributed by atoms with van der Waals surface area (Å²) in [6, 6.07) is 9.55. The number of hydrazone groups is 1. The molecule has 0 aliphatic carbocycles. The van der Waals surface area contributed by atoms with Gasteiger partial charge in [0.15, 0.2) is 5.71 Å². The maximum absolute atomic E-state index is 12.1. The number of anilines is 2. The Morgan fingerprint density at radius 2 is 2.04 bits per heavy atom. The van der Waals surface area contributed by atoms with Gasteiger partial charge in [0, 0.05) is 20.9 Å². The quantitative estimate of drug-likeness (QED) is 0.335. The predicted molar refractivity (Wildman–Crippen MR) is 94.3 cm³/mol. The second kappa shape index (κ2) is 5.88. The number of aromatic hydroxyl groups is 1. The highest BCUT2D eigenvalue weighted by atomic mass is 127. The van der Waals surface area contributed by atoms with Gasteiger partial charge in [-0.15, -0.1) is 0 Å². The summed E-state index contributed by atoms with van der Waals surface area (Å²) in [6.45, 7) is 0. The molecule has 23 heavy (non-hydrogen) atoms. The molecule has 3 rings (SSSR count). The summed E-state index contributed by atoms with van der Waals surface area (Å²) in [5.41, 5.74) is 9.51. The maximum Gasteiger partial charge on any atom is 0.276 e. The Kier molecular flexibility index (Phi) is 3.90. The van der Waals surface area contributed by atoms with E-state index in [2.05, 4.69) is 38.4 Å². The van der Waals surface area contributed by atoms with Crippen molar-refractivity contribution in [2.45, 2.75) is 0 Å². The first-order chi connectivity index (χ1) is 11.0. The van der Waals surface area contributed by atoms with E-state index >= 15 is 0 Å². The lowest BCUT2D eigenvalue weighted by Gasteiger charge is -2.04. The first-order valence-corrected chi connectivity index (χ1v) is 7.61. The number of phenolic OH excluding ortho intramolecular Hbond substituents is 1. The van der Waals surface area contributed by atoms with Crippen molar-refractivity contribution in [1.82, 2.24) is 5.43 Å². The standard InChI is InChI=1S/C15H11IN4O3/c16-7-1-4-11-10(5-7)13(15(23)18-11)19-20-14(22)9-3-2-8(17)6-12(9)21/h1-6,21H,17H2,(H,20,22)(H,18,19,23). The molecular formula is C15H11IN4O3. The number of benzene rings is 2. The molecule has 2 amide bonds. The average molecular weight is 422 g/mol. The minimum absolute atomic E-state index is 0.0184. The predicted octanol–water partition coefficient (Wildman–Crippen LogP) is 1.67. The number of nitrogens with zero attached hydrogens (tertiary/aromatic N) is 1. The molecule has 0 aromatic heterocycles. The molecule has 1 heterocycles. The van der Waals surface area contributed by atoms with Gasteiger partial charge < -0.3 is 16.2 Å². The number of halogens is 1. The van der Waals surface area contributed by atoms with Crippen molar-refractivity contribution >= 4 is 51.5 Å². The fourth-order valence-electron chi connectivity index (χ4n) is 2.14. The molecule has 1 aliphatic heterocycles. The van der Waals surface area contributed by atoms with Crippen LogP contribution in [0.1, 0.15) is 15.9 Å². The summed E-state index contributed by atoms with van der Waals surface area (Å²) in [7, 11) is 0. The van der Waals surface area contributed by atoms with Crippen LogP contribution in [0.25, 0.3) is 0 Å². The number of fused-ring (bicyclic) bond motifs is 1. The lowest BCUT2D eigenvalue weighted by atomic mass is 10.1. The lowest BCUT2D eigenvalue weighted by molar-refractivity contribution is -0.110. The number of rotatable bonds is 2. The van der Waals surface area contributed by atoms with Crippen LogP contribution in [0.5, 0.6) is 5.75 Å². The third kappa shape index (κ3) is 2.97. The van der Waals surface area contributed by atoms with E-state index in [4.69, 9.17) is 5.73 Å². The Morgan fingerprint density at radius 1 is 1.26 bits per heavy atom. The molecule has 0 bridgehead atoms.